The van der Waals surface area contributed by atoms with Gasteiger partial charge in [-0.25, -0.2) is 4.79 Å². The van der Waals surface area contributed by atoms with Crippen molar-refractivity contribution in [2.75, 3.05) is 6.54 Å². The van der Waals surface area contributed by atoms with E-state index < -0.39 is 5.97 Å². The van der Waals surface area contributed by atoms with Crippen LogP contribution < -0.4 is 0 Å². The number of carboxylic acids is 1. The van der Waals surface area contributed by atoms with E-state index in [4.69, 9.17) is 5.11 Å². The first-order valence-corrected chi connectivity index (χ1v) is 7.63. The van der Waals surface area contributed by atoms with Crippen LogP contribution in [0.15, 0.2) is 42.6 Å². The largest absolute Gasteiger partial charge is 0.478 e. The number of aromatic nitrogens is 1. The lowest BCUT2D eigenvalue weighted by atomic mass is 10.0. The van der Waals surface area contributed by atoms with Crippen molar-refractivity contribution in [1.82, 2.24) is 9.88 Å². The molecular formula is C18H18N2O3. The highest BCUT2D eigenvalue weighted by molar-refractivity contribution is 5.96. The summed E-state index contributed by atoms with van der Waals surface area (Å²) in [5, 5.41) is 9.06. The topological polar surface area (TPSA) is 70.5 Å². The molecule has 23 heavy (non-hydrogen) atoms. The summed E-state index contributed by atoms with van der Waals surface area (Å²) in [7, 11) is 0. The van der Waals surface area contributed by atoms with Crippen LogP contribution in [0.5, 0.6) is 0 Å². The van der Waals surface area contributed by atoms with Gasteiger partial charge in [0.1, 0.15) is 5.69 Å². The highest BCUT2D eigenvalue weighted by Gasteiger charge is 2.31. The van der Waals surface area contributed by atoms with Crippen molar-refractivity contribution in [3.63, 3.8) is 0 Å². The molecule has 3 rings (SSSR count). The van der Waals surface area contributed by atoms with Gasteiger partial charge in [0.05, 0.1) is 11.6 Å². The van der Waals surface area contributed by atoms with E-state index in [0.29, 0.717) is 6.54 Å². The molecule has 1 atom stereocenters. The van der Waals surface area contributed by atoms with Gasteiger partial charge in [-0.05, 0) is 37.5 Å². The molecule has 0 spiro atoms. The number of carbonyl (C=O) groups is 2. The summed E-state index contributed by atoms with van der Waals surface area (Å²) in [5.74, 6) is -1.27. The van der Waals surface area contributed by atoms with E-state index in [1.807, 2.05) is 25.1 Å². The van der Waals surface area contributed by atoms with Crippen LogP contribution in [0.1, 0.15) is 50.9 Å². The molecule has 118 valence electrons. The second kappa shape index (κ2) is 6.20. The van der Waals surface area contributed by atoms with Gasteiger partial charge in [0.2, 0.25) is 0 Å². The minimum atomic E-state index is -1.06. The van der Waals surface area contributed by atoms with Crippen LogP contribution in [0.2, 0.25) is 0 Å². The molecule has 1 unspecified atom stereocenters. The molecule has 1 aliphatic heterocycles. The van der Waals surface area contributed by atoms with Crippen molar-refractivity contribution >= 4 is 11.9 Å². The van der Waals surface area contributed by atoms with Crippen molar-refractivity contribution in [1.29, 1.82) is 0 Å². The van der Waals surface area contributed by atoms with Crippen LogP contribution in [-0.2, 0) is 0 Å². The first-order chi connectivity index (χ1) is 11.1. The number of nitrogens with zero attached hydrogens (tertiary/aromatic N) is 2. The number of aryl methyl sites for hydroxylation is 1. The van der Waals surface area contributed by atoms with Crippen LogP contribution in [0.4, 0.5) is 0 Å². The minimum absolute atomic E-state index is 0.0256. The molecule has 1 N–H and O–H groups in total. The number of carboxylic acid groups (broad SMARTS) is 1. The average Bonchev–Trinajstić information content (AvgIpc) is 3.04. The number of aromatic carboxylic acids is 1. The highest BCUT2D eigenvalue weighted by atomic mass is 16.4. The predicted octanol–water partition coefficient (Wildman–Crippen LogP) is 3.07. The summed E-state index contributed by atoms with van der Waals surface area (Å²) in [6, 6.07) is 10.9. The Bertz CT molecular complexity index is 757. The Kier molecular flexibility index (Phi) is 4.10. The average molecular weight is 310 g/mol. The summed E-state index contributed by atoms with van der Waals surface area (Å²) < 4.78 is 0. The van der Waals surface area contributed by atoms with Crippen LogP contribution in [0, 0.1) is 6.92 Å². The van der Waals surface area contributed by atoms with Crippen LogP contribution in [0.3, 0.4) is 0 Å². The lowest BCUT2D eigenvalue weighted by Crippen LogP contribution is -2.31. The highest BCUT2D eigenvalue weighted by Crippen LogP contribution is 2.33. The van der Waals surface area contributed by atoms with E-state index in [1.54, 1.807) is 4.90 Å². The van der Waals surface area contributed by atoms with Gasteiger partial charge >= 0.3 is 5.97 Å². The van der Waals surface area contributed by atoms with E-state index in [-0.39, 0.29) is 23.2 Å². The quantitative estimate of drug-likeness (QED) is 0.946. The zero-order chi connectivity index (χ0) is 16.4. The summed E-state index contributed by atoms with van der Waals surface area (Å²) >= 11 is 0. The Morgan fingerprint density at radius 1 is 1.26 bits per heavy atom. The third kappa shape index (κ3) is 3.08. The summed E-state index contributed by atoms with van der Waals surface area (Å²) in [6.45, 7) is 2.69. The molecule has 1 aromatic heterocycles. The van der Waals surface area contributed by atoms with Crippen molar-refractivity contribution in [2.24, 2.45) is 0 Å². The van der Waals surface area contributed by atoms with Gasteiger partial charge in [-0.2, -0.15) is 0 Å². The minimum Gasteiger partial charge on any atom is -0.478 e. The lowest BCUT2D eigenvalue weighted by Gasteiger charge is -2.25. The molecule has 1 fully saturated rings. The molecular weight excluding hydrogens is 292 g/mol. The van der Waals surface area contributed by atoms with Crippen LogP contribution in [-0.4, -0.2) is 33.4 Å². The molecule has 0 saturated carbocycles. The zero-order valence-electron chi connectivity index (χ0n) is 12.9. The van der Waals surface area contributed by atoms with Gasteiger partial charge in [0.25, 0.3) is 5.91 Å². The van der Waals surface area contributed by atoms with Gasteiger partial charge in [0.15, 0.2) is 0 Å². The maximum Gasteiger partial charge on any atom is 0.335 e. The van der Waals surface area contributed by atoms with Crippen molar-refractivity contribution < 1.29 is 14.7 Å². The number of likely N-dealkylation sites (tertiary alicyclic amines) is 1. The fourth-order valence-electron chi connectivity index (χ4n) is 3.06. The van der Waals surface area contributed by atoms with E-state index >= 15 is 0 Å². The molecule has 2 heterocycles. The van der Waals surface area contributed by atoms with Gasteiger partial charge in [-0.1, -0.05) is 29.8 Å². The fraction of sp³-hybridized carbons (Fsp3) is 0.278. The number of amides is 1. The molecule has 5 heteroatoms. The standard InChI is InChI=1S/C18H18N2O3/c1-12-4-2-5-13(10-12)16-6-3-9-20(16)17(21)15-11-14(18(22)23)7-8-19-15/h2,4-5,7-8,10-11,16H,3,6,9H2,1H3,(H,22,23). The normalized spacial score (nSPS) is 17.3. The molecule has 1 amide bonds. The van der Waals surface area contributed by atoms with Crippen LogP contribution in [0.25, 0.3) is 0 Å². The third-order valence-electron chi connectivity index (χ3n) is 4.17. The number of hydrogen-bond donors (Lipinski definition) is 1. The van der Waals surface area contributed by atoms with Crippen molar-refractivity contribution in [3.05, 3.63) is 65.0 Å². The summed E-state index contributed by atoms with van der Waals surface area (Å²) in [5.41, 5.74) is 2.54. The van der Waals surface area contributed by atoms with Crippen molar-refractivity contribution in [3.8, 4) is 0 Å². The summed E-state index contributed by atoms with van der Waals surface area (Å²) in [4.78, 5) is 29.7. The molecule has 0 aliphatic carbocycles. The molecule has 5 nitrogen and oxygen atoms in total. The Morgan fingerprint density at radius 3 is 2.83 bits per heavy atom. The van der Waals surface area contributed by atoms with Crippen molar-refractivity contribution in [2.45, 2.75) is 25.8 Å². The molecule has 0 bridgehead atoms. The molecule has 0 radical (unpaired) electrons. The monoisotopic (exact) mass is 310 g/mol. The summed E-state index contributed by atoms with van der Waals surface area (Å²) in [6.07, 6.45) is 3.21. The maximum absolute atomic E-state index is 12.8. The number of carbonyl (C=O) groups excluding carboxylic acids is 1. The Labute approximate surface area is 134 Å². The van der Waals surface area contributed by atoms with Crippen LogP contribution >= 0.6 is 0 Å². The van der Waals surface area contributed by atoms with E-state index in [1.165, 1.54) is 18.3 Å². The second-order valence-corrected chi connectivity index (χ2v) is 5.81. The zero-order valence-corrected chi connectivity index (χ0v) is 12.9. The van der Waals surface area contributed by atoms with Gasteiger partial charge in [-0.3, -0.25) is 9.78 Å². The number of benzene rings is 1. The Hall–Kier alpha value is -2.69. The number of pyridine rings is 1. The first kappa shape index (κ1) is 15.2. The second-order valence-electron chi connectivity index (χ2n) is 5.81. The SMILES string of the molecule is Cc1cccc(C2CCCN2C(=O)c2cc(C(=O)O)ccn2)c1. The van der Waals surface area contributed by atoms with E-state index in [2.05, 4.69) is 11.1 Å². The molecule has 1 aromatic carbocycles. The molecule has 1 aliphatic rings. The third-order valence-corrected chi connectivity index (χ3v) is 4.17. The van der Waals surface area contributed by atoms with E-state index in [0.717, 1.165) is 24.0 Å². The Balaban J connectivity index is 1.89. The van der Waals surface area contributed by atoms with E-state index in [9.17, 15) is 9.59 Å². The number of rotatable bonds is 3. The first-order valence-electron chi connectivity index (χ1n) is 7.63. The van der Waals surface area contributed by atoms with Gasteiger partial charge < -0.3 is 10.0 Å². The molecule has 2 aromatic rings. The van der Waals surface area contributed by atoms with Gasteiger partial charge in [0, 0.05) is 12.7 Å². The smallest absolute Gasteiger partial charge is 0.335 e. The Morgan fingerprint density at radius 2 is 2.09 bits per heavy atom. The number of hydrogen-bond acceptors (Lipinski definition) is 3. The fourth-order valence-corrected chi connectivity index (χ4v) is 3.06. The molecule has 1 saturated heterocycles. The maximum atomic E-state index is 12.8. The van der Waals surface area contributed by atoms with Gasteiger partial charge in [-0.15, -0.1) is 0 Å². The predicted molar refractivity (Wildman–Crippen MR) is 85.4 cm³/mol. The lowest BCUT2D eigenvalue weighted by molar-refractivity contribution is 0.0696.